The number of hydrogen-bond donors (Lipinski definition) is 1. The number of aromatic nitrogens is 2. The van der Waals surface area contributed by atoms with E-state index in [-0.39, 0.29) is 10.8 Å². The van der Waals surface area contributed by atoms with Crippen molar-refractivity contribution in [2.24, 2.45) is 0 Å². The van der Waals surface area contributed by atoms with Gasteiger partial charge in [-0.05, 0) is 24.6 Å². The van der Waals surface area contributed by atoms with E-state index in [4.69, 9.17) is 21.1 Å². The molecule has 0 aliphatic carbocycles. The van der Waals surface area contributed by atoms with Crippen LogP contribution in [-0.4, -0.2) is 23.7 Å². The van der Waals surface area contributed by atoms with Crippen LogP contribution in [0.4, 0.5) is 0 Å². The number of nitrogens with one attached hydrogen (secondary N) is 1. The van der Waals surface area contributed by atoms with Crippen LogP contribution >= 0.6 is 11.6 Å². The van der Waals surface area contributed by atoms with Crippen LogP contribution in [0.5, 0.6) is 11.5 Å². The maximum atomic E-state index is 11.7. The quantitative estimate of drug-likeness (QED) is 0.851. The molecule has 1 N–H and O–H groups in total. The molecule has 0 amide bonds. The van der Waals surface area contributed by atoms with Crippen LogP contribution in [-0.2, 0) is 0 Å². The van der Waals surface area contributed by atoms with Crippen LogP contribution in [0.25, 0.3) is 10.9 Å². The van der Waals surface area contributed by atoms with E-state index >= 15 is 0 Å². The van der Waals surface area contributed by atoms with Crippen LogP contribution in [0.2, 0.25) is 5.28 Å². The molecule has 2 aromatic rings. The van der Waals surface area contributed by atoms with Crippen LogP contribution in [0.1, 0.15) is 6.92 Å². The lowest BCUT2D eigenvalue weighted by molar-refractivity contribution is 0.311. The summed E-state index contributed by atoms with van der Waals surface area (Å²) in [4.78, 5) is 18.1. The highest BCUT2D eigenvalue weighted by molar-refractivity contribution is 6.28. The molecule has 0 saturated heterocycles. The van der Waals surface area contributed by atoms with Crippen molar-refractivity contribution in [1.82, 2.24) is 9.97 Å². The van der Waals surface area contributed by atoms with Crippen molar-refractivity contribution in [3.8, 4) is 11.5 Å². The van der Waals surface area contributed by atoms with Crippen LogP contribution in [0.15, 0.2) is 16.9 Å². The Kier molecular flexibility index (Phi) is 3.19. The van der Waals surface area contributed by atoms with E-state index in [1.54, 1.807) is 12.1 Å². The first-order valence-electron chi connectivity index (χ1n) is 5.06. The van der Waals surface area contributed by atoms with Crippen molar-refractivity contribution in [3.05, 3.63) is 27.8 Å². The fraction of sp³-hybridized carbons (Fsp3) is 0.273. The second-order valence-electron chi connectivity index (χ2n) is 3.31. The Bertz CT molecular complexity index is 609. The minimum atomic E-state index is -0.302. The van der Waals surface area contributed by atoms with Gasteiger partial charge in [0, 0.05) is 6.07 Å². The molecule has 0 radical (unpaired) electrons. The summed E-state index contributed by atoms with van der Waals surface area (Å²) in [5, 5.41) is 0.465. The highest BCUT2D eigenvalue weighted by Crippen LogP contribution is 2.30. The monoisotopic (exact) mass is 254 g/mol. The third-order valence-electron chi connectivity index (χ3n) is 2.26. The van der Waals surface area contributed by atoms with Gasteiger partial charge in [0.15, 0.2) is 11.5 Å². The SMILES string of the molecule is CCOc1cc2c(=O)[nH]c(Cl)nc2cc1OC. The molecular weight excluding hydrogens is 244 g/mol. The topological polar surface area (TPSA) is 64.2 Å². The predicted molar refractivity (Wildman–Crippen MR) is 65.1 cm³/mol. The van der Waals surface area contributed by atoms with Crippen molar-refractivity contribution < 1.29 is 9.47 Å². The van der Waals surface area contributed by atoms with Gasteiger partial charge < -0.3 is 9.47 Å². The Morgan fingerprint density at radius 2 is 2.18 bits per heavy atom. The van der Waals surface area contributed by atoms with Crippen LogP contribution in [0.3, 0.4) is 0 Å². The largest absolute Gasteiger partial charge is 0.493 e. The molecule has 0 unspecified atom stereocenters. The van der Waals surface area contributed by atoms with Gasteiger partial charge in [-0.25, -0.2) is 4.98 Å². The fourth-order valence-corrected chi connectivity index (χ4v) is 1.72. The lowest BCUT2D eigenvalue weighted by Gasteiger charge is -2.09. The summed E-state index contributed by atoms with van der Waals surface area (Å²) in [5.74, 6) is 1.03. The zero-order valence-electron chi connectivity index (χ0n) is 9.41. The van der Waals surface area contributed by atoms with E-state index in [0.29, 0.717) is 29.0 Å². The van der Waals surface area contributed by atoms with Gasteiger partial charge in [0.05, 0.1) is 24.6 Å². The normalized spacial score (nSPS) is 10.5. The molecule has 6 heteroatoms. The summed E-state index contributed by atoms with van der Waals surface area (Å²) in [5.41, 5.74) is 0.169. The van der Waals surface area contributed by atoms with Crippen LogP contribution < -0.4 is 15.0 Å². The second-order valence-corrected chi connectivity index (χ2v) is 3.67. The summed E-state index contributed by atoms with van der Waals surface area (Å²) in [6, 6.07) is 3.22. The molecule has 0 saturated carbocycles. The average molecular weight is 255 g/mol. The maximum Gasteiger partial charge on any atom is 0.259 e. The number of benzene rings is 1. The first-order valence-corrected chi connectivity index (χ1v) is 5.44. The summed E-state index contributed by atoms with van der Waals surface area (Å²) >= 11 is 5.68. The van der Waals surface area contributed by atoms with E-state index in [9.17, 15) is 4.79 Å². The van der Waals surface area contributed by atoms with Crippen molar-refractivity contribution in [1.29, 1.82) is 0 Å². The molecule has 0 aliphatic rings. The number of hydrogen-bond acceptors (Lipinski definition) is 4. The fourth-order valence-electron chi connectivity index (χ4n) is 1.55. The number of methoxy groups -OCH3 is 1. The first-order chi connectivity index (χ1) is 8.15. The third kappa shape index (κ3) is 2.19. The standard InChI is InChI=1S/C11H11ClN2O3/c1-3-17-9-4-6-7(5-8(9)16-2)13-11(12)14-10(6)15/h4-5H,3H2,1-2H3,(H,13,14,15). The highest BCUT2D eigenvalue weighted by Gasteiger charge is 2.10. The minimum absolute atomic E-state index is 0.0497. The van der Waals surface area contributed by atoms with Gasteiger partial charge >= 0.3 is 0 Å². The van der Waals surface area contributed by atoms with Gasteiger partial charge in [-0.2, -0.15) is 0 Å². The number of nitrogens with zero attached hydrogens (tertiary/aromatic N) is 1. The van der Waals surface area contributed by atoms with Crippen molar-refractivity contribution in [2.45, 2.75) is 6.92 Å². The smallest absolute Gasteiger partial charge is 0.259 e. The molecule has 17 heavy (non-hydrogen) atoms. The lowest BCUT2D eigenvalue weighted by atomic mass is 10.2. The molecule has 1 aromatic heterocycles. The number of aromatic amines is 1. The van der Waals surface area contributed by atoms with Crippen molar-refractivity contribution >= 4 is 22.5 Å². The first kappa shape index (κ1) is 11.7. The number of ether oxygens (including phenoxy) is 2. The number of halogens is 1. The Labute approximate surface area is 102 Å². The van der Waals surface area contributed by atoms with E-state index in [1.165, 1.54) is 7.11 Å². The Morgan fingerprint density at radius 3 is 2.82 bits per heavy atom. The number of H-pyrrole nitrogens is 1. The van der Waals surface area contributed by atoms with Gasteiger partial charge in [0.25, 0.3) is 5.56 Å². The van der Waals surface area contributed by atoms with Crippen LogP contribution in [0, 0.1) is 0 Å². The molecule has 0 spiro atoms. The third-order valence-corrected chi connectivity index (χ3v) is 2.44. The number of rotatable bonds is 3. The van der Waals surface area contributed by atoms with Crippen molar-refractivity contribution in [2.75, 3.05) is 13.7 Å². The van der Waals surface area contributed by atoms with E-state index < -0.39 is 0 Å². The molecule has 2 rings (SSSR count). The molecule has 5 nitrogen and oxygen atoms in total. The molecular formula is C11H11ClN2O3. The second kappa shape index (κ2) is 4.63. The summed E-state index contributed by atoms with van der Waals surface area (Å²) in [6.07, 6.45) is 0. The van der Waals surface area contributed by atoms with E-state index in [2.05, 4.69) is 9.97 Å². The highest BCUT2D eigenvalue weighted by atomic mass is 35.5. The molecule has 0 atom stereocenters. The van der Waals surface area contributed by atoms with E-state index in [1.807, 2.05) is 6.92 Å². The van der Waals surface area contributed by atoms with Gasteiger partial charge in [0.2, 0.25) is 5.28 Å². The predicted octanol–water partition coefficient (Wildman–Crippen LogP) is 1.98. The minimum Gasteiger partial charge on any atom is -0.493 e. The molecule has 1 aromatic carbocycles. The zero-order valence-corrected chi connectivity index (χ0v) is 10.2. The summed E-state index contributed by atoms with van der Waals surface area (Å²) in [6.45, 7) is 2.34. The Balaban J connectivity index is 2.73. The van der Waals surface area contributed by atoms with Crippen molar-refractivity contribution in [3.63, 3.8) is 0 Å². The van der Waals surface area contributed by atoms with Gasteiger partial charge in [-0.1, -0.05) is 0 Å². The zero-order chi connectivity index (χ0) is 12.4. The van der Waals surface area contributed by atoms with Gasteiger partial charge in [-0.3, -0.25) is 9.78 Å². The summed E-state index contributed by atoms with van der Waals surface area (Å²) < 4.78 is 10.5. The average Bonchev–Trinajstić information content (AvgIpc) is 2.29. The molecule has 0 bridgehead atoms. The Hall–Kier alpha value is -1.75. The summed E-state index contributed by atoms with van der Waals surface area (Å²) in [7, 11) is 1.53. The molecule has 90 valence electrons. The molecule has 0 aliphatic heterocycles. The maximum absolute atomic E-state index is 11.7. The number of fused-ring (bicyclic) bond motifs is 1. The van der Waals surface area contributed by atoms with Gasteiger partial charge in [0.1, 0.15) is 0 Å². The van der Waals surface area contributed by atoms with E-state index in [0.717, 1.165) is 0 Å². The molecule has 1 heterocycles. The Morgan fingerprint density at radius 1 is 1.41 bits per heavy atom. The lowest BCUT2D eigenvalue weighted by Crippen LogP contribution is -2.08. The molecule has 0 fully saturated rings. The van der Waals surface area contributed by atoms with Gasteiger partial charge in [-0.15, -0.1) is 0 Å².